The maximum atomic E-state index is 12.9. The van der Waals surface area contributed by atoms with E-state index in [0.717, 1.165) is 0 Å². The maximum absolute atomic E-state index is 12.9. The van der Waals surface area contributed by atoms with E-state index >= 15 is 0 Å². The van der Waals surface area contributed by atoms with E-state index in [1.165, 1.54) is 4.90 Å². The summed E-state index contributed by atoms with van der Waals surface area (Å²) in [6, 6.07) is 6.55. The van der Waals surface area contributed by atoms with Gasteiger partial charge < -0.3 is 20.9 Å². The monoisotopic (exact) mass is 345 g/mol. The predicted molar refractivity (Wildman–Crippen MR) is 93.6 cm³/mol. The molecule has 0 aliphatic carbocycles. The Labute approximate surface area is 146 Å². The number of carbonyl (C=O) groups excluding carboxylic acids is 2. The van der Waals surface area contributed by atoms with Crippen LogP contribution in [0.4, 0.5) is 11.4 Å². The topological polar surface area (TPSA) is 105 Å². The number of carbonyl (C=O) groups is 2. The number of aliphatic hydroxyl groups excluding tert-OH is 1. The molecule has 2 atom stereocenters. The van der Waals surface area contributed by atoms with Crippen molar-refractivity contribution in [1.82, 2.24) is 4.90 Å². The summed E-state index contributed by atoms with van der Waals surface area (Å²) in [6.07, 6.45) is -0.519. The number of hydrogen-bond acceptors (Lipinski definition) is 5. The molecule has 2 heterocycles. The molecule has 2 amide bonds. The second-order valence-corrected chi connectivity index (χ2v) is 7.78. The van der Waals surface area contributed by atoms with Crippen LogP contribution in [0.25, 0.3) is 0 Å². The minimum Gasteiger partial charge on any atom is -0.509 e. The van der Waals surface area contributed by atoms with E-state index in [1.54, 1.807) is 31.2 Å². The van der Waals surface area contributed by atoms with E-state index in [0.29, 0.717) is 11.4 Å². The van der Waals surface area contributed by atoms with Crippen molar-refractivity contribution >= 4 is 23.2 Å². The quantitative estimate of drug-likeness (QED) is 0.562. The Morgan fingerprint density at radius 2 is 1.96 bits per heavy atom. The highest BCUT2D eigenvalue weighted by atomic mass is 16.5. The van der Waals surface area contributed by atoms with Crippen LogP contribution in [0.5, 0.6) is 0 Å². The number of nitrogens with two attached hydrogens (primary N) is 1. The highest BCUT2D eigenvalue weighted by Gasteiger charge is 2.60. The first-order valence-corrected chi connectivity index (χ1v) is 8.11. The molecule has 0 saturated carbocycles. The fraction of sp³-hybridized carbons (Fsp3) is 0.444. The van der Waals surface area contributed by atoms with Gasteiger partial charge in [-0.15, -0.1) is 0 Å². The van der Waals surface area contributed by atoms with E-state index in [9.17, 15) is 14.7 Å². The number of nitrogens with one attached hydrogen (secondary N) is 1. The molecule has 25 heavy (non-hydrogen) atoms. The van der Waals surface area contributed by atoms with Crippen LogP contribution in [0, 0.1) is 5.41 Å². The van der Waals surface area contributed by atoms with Crippen molar-refractivity contribution in [3.05, 3.63) is 35.6 Å². The van der Waals surface area contributed by atoms with E-state index in [2.05, 4.69) is 5.32 Å². The number of anilines is 2. The van der Waals surface area contributed by atoms with Crippen LogP contribution < -0.4 is 11.1 Å². The second kappa shape index (κ2) is 5.49. The summed E-state index contributed by atoms with van der Waals surface area (Å²) < 4.78 is 5.75. The van der Waals surface area contributed by atoms with Gasteiger partial charge in [0.2, 0.25) is 0 Å². The molecule has 7 nitrogen and oxygen atoms in total. The van der Waals surface area contributed by atoms with Crippen molar-refractivity contribution in [3.63, 3.8) is 0 Å². The van der Waals surface area contributed by atoms with Crippen LogP contribution in [-0.4, -0.2) is 40.2 Å². The summed E-state index contributed by atoms with van der Waals surface area (Å²) in [5, 5.41) is 13.3. The molecule has 0 spiro atoms. The number of nitrogen functional groups attached to an aromatic ring is 1. The van der Waals surface area contributed by atoms with Gasteiger partial charge in [-0.2, -0.15) is 0 Å². The van der Waals surface area contributed by atoms with Gasteiger partial charge in [-0.25, -0.2) is 0 Å². The number of ether oxygens (including phenoxy) is 1. The summed E-state index contributed by atoms with van der Waals surface area (Å²) >= 11 is 0. The summed E-state index contributed by atoms with van der Waals surface area (Å²) in [6.45, 7) is 7.68. The third-order valence-electron chi connectivity index (χ3n) is 4.60. The maximum Gasteiger partial charge on any atom is 0.265 e. The zero-order valence-electron chi connectivity index (χ0n) is 14.8. The first kappa shape index (κ1) is 17.3. The van der Waals surface area contributed by atoms with Gasteiger partial charge in [0, 0.05) is 16.8 Å². The van der Waals surface area contributed by atoms with Crippen molar-refractivity contribution in [2.75, 3.05) is 17.7 Å². The number of aliphatic hydroxyl groups is 1. The van der Waals surface area contributed by atoms with E-state index in [1.807, 2.05) is 20.8 Å². The van der Waals surface area contributed by atoms with Crippen LogP contribution in [0.1, 0.15) is 27.7 Å². The molecule has 0 radical (unpaired) electrons. The first-order chi connectivity index (χ1) is 11.6. The summed E-state index contributed by atoms with van der Waals surface area (Å²) in [5.74, 6) is -1.42. The van der Waals surface area contributed by atoms with Gasteiger partial charge in [-0.3, -0.25) is 14.5 Å². The van der Waals surface area contributed by atoms with Crippen LogP contribution in [0.15, 0.2) is 35.6 Å². The van der Waals surface area contributed by atoms with Crippen molar-refractivity contribution in [3.8, 4) is 0 Å². The second-order valence-electron chi connectivity index (χ2n) is 7.78. The van der Waals surface area contributed by atoms with Gasteiger partial charge in [0.1, 0.15) is 23.1 Å². The Morgan fingerprint density at radius 1 is 1.36 bits per heavy atom. The first-order valence-electron chi connectivity index (χ1n) is 8.11. The molecule has 1 saturated heterocycles. The van der Waals surface area contributed by atoms with Crippen LogP contribution in [-0.2, 0) is 14.3 Å². The van der Waals surface area contributed by atoms with Gasteiger partial charge in [0.15, 0.2) is 0 Å². The zero-order chi connectivity index (χ0) is 18.6. The molecule has 0 bridgehead atoms. The molecule has 4 N–H and O–H groups in total. The van der Waals surface area contributed by atoms with Crippen LogP contribution >= 0.6 is 0 Å². The lowest BCUT2D eigenvalue weighted by Crippen LogP contribution is -2.50. The summed E-state index contributed by atoms with van der Waals surface area (Å²) in [5.41, 5.74) is 5.07. The van der Waals surface area contributed by atoms with Crippen LogP contribution in [0.3, 0.4) is 0 Å². The summed E-state index contributed by atoms with van der Waals surface area (Å²) in [7, 11) is 0. The number of benzene rings is 1. The number of nitrogens with zero attached hydrogens (tertiary/aromatic N) is 1. The minimum absolute atomic E-state index is 0.144. The molecule has 0 unspecified atom stereocenters. The smallest absolute Gasteiger partial charge is 0.265 e. The lowest BCUT2D eigenvalue weighted by molar-refractivity contribution is -0.140. The van der Waals surface area contributed by atoms with Gasteiger partial charge in [0.25, 0.3) is 11.8 Å². The number of fused-ring (bicyclic) bond motifs is 1. The van der Waals surface area contributed by atoms with Gasteiger partial charge in [-0.1, -0.05) is 20.8 Å². The Kier molecular flexibility index (Phi) is 3.79. The van der Waals surface area contributed by atoms with E-state index in [4.69, 9.17) is 10.5 Å². The largest absolute Gasteiger partial charge is 0.509 e. The third-order valence-corrected chi connectivity index (χ3v) is 4.60. The third kappa shape index (κ3) is 2.64. The van der Waals surface area contributed by atoms with E-state index in [-0.39, 0.29) is 23.4 Å². The number of amides is 2. The minimum atomic E-state index is -1.02. The molecule has 1 aromatic carbocycles. The summed E-state index contributed by atoms with van der Waals surface area (Å²) in [4.78, 5) is 27.0. The van der Waals surface area contributed by atoms with Crippen molar-refractivity contribution in [2.45, 2.75) is 39.5 Å². The van der Waals surface area contributed by atoms with Crippen molar-refractivity contribution in [2.24, 2.45) is 5.41 Å². The lowest BCUT2D eigenvalue weighted by atomic mass is 9.92. The van der Waals surface area contributed by atoms with E-state index < -0.39 is 23.6 Å². The Bertz CT molecular complexity index is 764. The molecular weight excluding hydrogens is 322 g/mol. The van der Waals surface area contributed by atoms with Gasteiger partial charge in [0.05, 0.1) is 6.61 Å². The fourth-order valence-electron chi connectivity index (χ4n) is 3.25. The predicted octanol–water partition coefficient (Wildman–Crippen LogP) is 2.02. The molecular formula is C18H23N3O4. The number of hydrogen-bond donors (Lipinski definition) is 3. The normalized spacial score (nSPS) is 26.2. The molecule has 1 fully saturated rings. The van der Waals surface area contributed by atoms with Crippen LogP contribution in [0.2, 0.25) is 0 Å². The van der Waals surface area contributed by atoms with Gasteiger partial charge in [-0.05, 0) is 31.2 Å². The molecule has 7 heteroatoms. The average molecular weight is 345 g/mol. The lowest BCUT2D eigenvalue weighted by Gasteiger charge is -2.36. The van der Waals surface area contributed by atoms with Gasteiger partial charge >= 0.3 is 0 Å². The molecule has 134 valence electrons. The molecule has 2 aliphatic heterocycles. The molecule has 2 aliphatic rings. The Morgan fingerprint density at radius 3 is 2.52 bits per heavy atom. The zero-order valence-corrected chi connectivity index (χ0v) is 14.8. The Hall–Kier alpha value is -2.54. The highest BCUT2D eigenvalue weighted by molar-refractivity contribution is 6.25. The SMILES string of the molecule is CC(C)(C)[C@H]1OC[C@]2(C)C(O)=C(C(=O)Nc3ccc(N)cc3)C(=O)N12. The fourth-order valence-corrected chi connectivity index (χ4v) is 3.25. The van der Waals surface area contributed by atoms with Crippen molar-refractivity contribution in [1.29, 1.82) is 0 Å². The molecule has 1 aromatic rings. The number of rotatable bonds is 2. The molecule has 3 rings (SSSR count). The van der Waals surface area contributed by atoms with Crippen molar-refractivity contribution < 1.29 is 19.4 Å². The Balaban J connectivity index is 1.91. The molecule has 0 aromatic heterocycles. The highest BCUT2D eigenvalue weighted by Crippen LogP contribution is 2.45. The standard InChI is InChI=1S/C18H23N3O4/c1-17(2,3)16-21-15(24)12(13(22)18(21,4)9-25-16)14(23)20-11-7-5-10(19)6-8-11/h5-8,16,22H,9,19H2,1-4H3,(H,20,23)/t16-,18-/m1/s1. The average Bonchev–Trinajstić information content (AvgIpc) is 2.96.